The molecule has 15 nitrogen and oxygen atoms in total. The van der Waals surface area contributed by atoms with Gasteiger partial charge >= 0.3 is 0 Å². The van der Waals surface area contributed by atoms with Crippen LogP contribution in [0.4, 0.5) is 11.5 Å². The molecule has 0 spiro atoms. The number of piperidine rings is 1. The van der Waals surface area contributed by atoms with Gasteiger partial charge in [0.25, 0.3) is 11.8 Å². The van der Waals surface area contributed by atoms with Crippen LogP contribution in [0.5, 0.6) is 0 Å². The maximum Gasteiger partial charge on any atom is 0.264 e. The van der Waals surface area contributed by atoms with Gasteiger partial charge in [-0.15, -0.1) is 0 Å². The molecule has 3 aromatic heterocycles. The summed E-state index contributed by atoms with van der Waals surface area (Å²) in [5.74, 6) is -1.35. The van der Waals surface area contributed by atoms with Crippen molar-refractivity contribution in [2.75, 3.05) is 24.1 Å². The Morgan fingerprint density at radius 2 is 1.69 bits per heavy atom. The third kappa shape index (κ3) is 7.48. The van der Waals surface area contributed by atoms with Gasteiger partial charge in [-0.05, 0) is 104 Å². The number of nitrogens with two attached hydrogens (primary N) is 2. The van der Waals surface area contributed by atoms with E-state index in [4.69, 9.17) is 21.4 Å². The molecule has 15 heteroatoms. The maximum absolute atomic E-state index is 13.4. The Morgan fingerprint density at radius 1 is 0.885 bits per heavy atom. The van der Waals surface area contributed by atoms with Gasteiger partial charge < -0.3 is 22.1 Å². The van der Waals surface area contributed by atoms with E-state index in [2.05, 4.69) is 51.3 Å². The number of carbonyl (C=O) groups is 5. The number of nitrogens with zero attached hydrogens (tertiary/aromatic N) is 5. The van der Waals surface area contributed by atoms with Crippen LogP contribution in [0.3, 0.4) is 0 Å². The SMILES string of the molecule is Nc1ncccc1-c1nc2ccc(-c3cccc(CCNC(=O)CCCNc4cccc5c4C(=O)N(C4CCC(=O)NC4=O)C5=O)c3)nc2n1-c1ccc(C2(N)CCC2)cc1. The van der Waals surface area contributed by atoms with Gasteiger partial charge in [0, 0.05) is 54.6 Å². The van der Waals surface area contributed by atoms with Gasteiger partial charge in [0.2, 0.25) is 17.7 Å². The number of nitrogen functional groups attached to an aromatic ring is 1. The summed E-state index contributed by atoms with van der Waals surface area (Å²) >= 11 is 0. The van der Waals surface area contributed by atoms with Crippen molar-refractivity contribution >= 4 is 52.2 Å². The van der Waals surface area contributed by atoms with E-state index in [9.17, 15) is 24.0 Å². The second-order valence-corrected chi connectivity index (χ2v) is 15.8. The number of hydrogen-bond acceptors (Lipinski definition) is 11. The molecule has 6 aromatic rings. The number of benzene rings is 3. The topological polar surface area (TPSA) is 220 Å². The van der Waals surface area contributed by atoms with Crippen molar-refractivity contribution in [3.63, 3.8) is 0 Å². The molecule has 1 saturated heterocycles. The van der Waals surface area contributed by atoms with Crippen molar-refractivity contribution in [3.05, 3.63) is 119 Å². The quantitative estimate of drug-likeness (QED) is 0.0770. The fourth-order valence-corrected chi connectivity index (χ4v) is 8.39. The molecule has 0 bridgehead atoms. The summed E-state index contributed by atoms with van der Waals surface area (Å²) in [7, 11) is 0. The van der Waals surface area contributed by atoms with Gasteiger partial charge in [0.1, 0.15) is 17.4 Å². The zero-order valence-corrected chi connectivity index (χ0v) is 33.3. The lowest BCUT2D eigenvalue weighted by molar-refractivity contribution is -0.136. The number of pyridine rings is 2. The Labute approximate surface area is 351 Å². The van der Waals surface area contributed by atoms with Crippen molar-refractivity contribution < 1.29 is 24.0 Å². The van der Waals surface area contributed by atoms with Crippen LogP contribution in [0.1, 0.15) is 76.8 Å². The minimum atomic E-state index is -1.04. The Kier molecular flexibility index (Phi) is 10.3. The molecular weight excluding hydrogens is 773 g/mol. The second-order valence-electron chi connectivity index (χ2n) is 15.8. The standard InChI is InChI=1S/C46H44N10O5/c47-40-32(9-3-24-51-40)41-53-35-17-16-33(52-42(35)55(41)30-14-12-29(13-15-30)46(48)21-5-22-46)28-7-1-6-27(26-28)20-25-50-37(57)11-4-23-49-34-10-2-8-31-39(34)45(61)56(44(31)60)36-18-19-38(58)54-43(36)59/h1-3,6-10,12-17,24,26,36,49H,4-5,11,18-23,25,48H2,(H2,47,51)(H,50,57)(H,54,58,59). The molecule has 1 unspecified atom stereocenters. The first-order valence-corrected chi connectivity index (χ1v) is 20.5. The lowest BCUT2D eigenvalue weighted by Crippen LogP contribution is -2.54. The highest BCUT2D eigenvalue weighted by atomic mass is 16.2. The number of anilines is 2. The molecule has 2 aliphatic heterocycles. The Bertz CT molecular complexity index is 2740. The van der Waals surface area contributed by atoms with Crippen molar-refractivity contribution in [1.29, 1.82) is 0 Å². The molecule has 3 aliphatic rings. The number of carbonyl (C=O) groups excluding carboxylic acids is 5. The predicted molar refractivity (Wildman–Crippen MR) is 229 cm³/mol. The van der Waals surface area contributed by atoms with Crippen LogP contribution in [0.2, 0.25) is 0 Å². The van der Waals surface area contributed by atoms with Crippen LogP contribution < -0.4 is 27.4 Å². The molecule has 5 heterocycles. The summed E-state index contributed by atoms with van der Waals surface area (Å²) < 4.78 is 2.01. The third-order valence-electron chi connectivity index (χ3n) is 11.9. The number of aromatic nitrogens is 4. The maximum atomic E-state index is 13.4. The van der Waals surface area contributed by atoms with Crippen molar-refractivity contribution in [2.24, 2.45) is 5.73 Å². The van der Waals surface area contributed by atoms with Gasteiger partial charge in [0.05, 0.1) is 22.4 Å². The lowest BCUT2D eigenvalue weighted by atomic mass is 9.73. The van der Waals surface area contributed by atoms with E-state index < -0.39 is 29.7 Å². The monoisotopic (exact) mass is 816 g/mol. The summed E-state index contributed by atoms with van der Waals surface area (Å²) in [5.41, 5.74) is 20.4. The predicted octanol–water partition coefficient (Wildman–Crippen LogP) is 5.02. The van der Waals surface area contributed by atoms with Crippen molar-refractivity contribution in [1.82, 2.24) is 35.1 Å². The van der Waals surface area contributed by atoms with E-state index in [0.29, 0.717) is 60.0 Å². The van der Waals surface area contributed by atoms with Gasteiger partial charge in [-0.1, -0.05) is 36.4 Å². The highest BCUT2D eigenvalue weighted by molar-refractivity contribution is 6.25. The number of rotatable bonds is 13. The zero-order valence-electron chi connectivity index (χ0n) is 33.3. The molecule has 3 aromatic carbocycles. The van der Waals surface area contributed by atoms with Gasteiger partial charge in [-0.25, -0.2) is 15.0 Å². The van der Waals surface area contributed by atoms with E-state index in [-0.39, 0.29) is 41.8 Å². The van der Waals surface area contributed by atoms with Gasteiger partial charge in [-0.3, -0.25) is 38.8 Å². The Morgan fingerprint density at radius 3 is 2.46 bits per heavy atom. The molecule has 1 atom stereocenters. The summed E-state index contributed by atoms with van der Waals surface area (Å²) in [6.45, 7) is 0.808. The number of hydrogen-bond donors (Lipinski definition) is 5. The van der Waals surface area contributed by atoms with Crippen LogP contribution in [-0.2, 0) is 26.3 Å². The van der Waals surface area contributed by atoms with Crippen molar-refractivity contribution in [3.8, 4) is 28.3 Å². The molecule has 2 fully saturated rings. The molecule has 308 valence electrons. The fourth-order valence-electron chi connectivity index (χ4n) is 8.39. The summed E-state index contributed by atoms with van der Waals surface area (Å²) in [5, 5.41) is 8.40. The largest absolute Gasteiger partial charge is 0.384 e. The first-order chi connectivity index (χ1) is 29.6. The molecular formula is C46H44N10O5. The van der Waals surface area contributed by atoms with Crippen LogP contribution in [0, 0.1) is 0 Å². The molecule has 0 radical (unpaired) electrons. The Hall–Kier alpha value is -7.26. The van der Waals surface area contributed by atoms with Gasteiger partial charge in [-0.2, -0.15) is 0 Å². The minimum Gasteiger partial charge on any atom is -0.384 e. The van der Waals surface area contributed by atoms with Crippen molar-refractivity contribution in [2.45, 2.75) is 62.9 Å². The fraction of sp³-hybridized carbons (Fsp3) is 0.261. The minimum absolute atomic E-state index is 0.0458. The van der Waals surface area contributed by atoms with E-state index in [1.807, 2.05) is 47.0 Å². The highest BCUT2D eigenvalue weighted by Crippen LogP contribution is 2.40. The normalized spacial score (nSPS) is 16.9. The molecule has 9 rings (SSSR count). The molecule has 7 N–H and O–H groups in total. The van der Waals surface area contributed by atoms with E-state index in [0.717, 1.165) is 52.2 Å². The highest BCUT2D eigenvalue weighted by Gasteiger charge is 2.45. The lowest BCUT2D eigenvalue weighted by Gasteiger charge is -2.38. The first kappa shape index (κ1) is 39.2. The van der Waals surface area contributed by atoms with Crippen LogP contribution in [0.25, 0.3) is 39.5 Å². The summed E-state index contributed by atoms with van der Waals surface area (Å²) in [6, 6.07) is 27.9. The number of amides is 5. The number of imidazole rings is 1. The van der Waals surface area contributed by atoms with E-state index in [1.54, 1.807) is 24.4 Å². The number of nitrogens with one attached hydrogen (secondary N) is 3. The molecule has 1 saturated carbocycles. The molecule has 1 aliphatic carbocycles. The number of imide groups is 2. The number of fused-ring (bicyclic) bond motifs is 2. The molecule has 5 amide bonds. The van der Waals surface area contributed by atoms with Gasteiger partial charge in [0.15, 0.2) is 11.5 Å². The second kappa shape index (κ2) is 16.1. The summed E-state index contributed by atoms with van der Waals surface area (Å²) in [4.78, 5) is 78.8. The van der Waals surface area contributed by atoms with Crippen LogP contribution in [0.15, 0.2) is 97.2 Å². The summed E-state index contributed by atoms with van der Waals surface area (Å²) in [6.07, 6.45) is 6.18. The smallest absolute Gasteiger partial charge is 0.264 e. The van der Waals surface area contributed by atoms with Crippen LogP contribution >= 0.6 is 0 Å². The Balaban J connectivity index is 0.833. The average molecular weight is 817 g/mol. The first-order valence-electron chi connectivity index (χ1n) is 20.5. The van der Waals surface area contributed by atoms with E-state index >= 15 is 0 Å². The average Bonchev–Trinajstić information content (AvgIpc) is 3.75. The van der Waals surface area contributed by atoms with E-state index in [1.165, 1.54) is 0 Å². The third-order valence-corrected chi connectivity index (χ3v) is 11.9. The zero-order chi connectivity index (χ0) is 42.3. The van der Waals surface area contributed by atoms with Crippen LogP contribution in [-0.4, -0.2) is 73.1 Å². The molecule has 61 heavy (non-hydrogen) atoms.